The Morgan fingerprint density at radius 3 is 2.24 bits per heavy atom. The molecule has 100 valence electrons. The van der Waals surface area contributed by atoms with Crippen molar-refractivity contribution in [2.75, 3.05) is 13.1 Å². The van der Waals surface area contributed by atoms with Crippen LogP contribution in [0.3, 0.4) is 0 Å². The molecule has 0 aromatic heterocycles. The van der Waals surface area contributed by atoms with Crippen molar-refractivity contribution in [3.63, 3.8) is 0 Å². The van der Waals surface area contributed by atoms with Crippen molar-refractivity contribution in [2.45, 2.75) is 64.8 Å². The first-order valence-electron chi connectivity index (χ1n) is 7.41. The van der Waals surface area contributed by atoms with E-state index in [-0.39, 0.29) is 5.54 Å². The molecule has 2 saturated carbocycles. The Bertz CT molecular complexity index is 246. The smallest absolute Gasteiger partial charge is 0.0304 e. The fourth-order valence-corrected chi connectivity index (χ4v) is 3.07. The lowest BCUT2D eigenvalue weighted by Gasteiger charge is -2.44. The van der Waals surface area contributed by atoms with Gasteiger partial charge in [-0.25, -0.2) is 0 Å². The molecule has 17 heavy (non-hydrogen) atoms. The van der Waals surface area contributed by atoms with E-state index < -0.39 is 0 Å². The highest BCUT2D eigenvalue weighted by Crippen LogP contribution is 2.41. The molecule has 0 aromatic rings. The van der Waals surface area contributed by atoms with Crippen LogP contribution in [0, 0.1) is 17.3 Å². The topological polar surface area (TPSA) is 38.0 Å². The van der Waals surface area contributed by atoms with Crippen molar-refractivity contribution in [2.24, 2.45) is 23.0 Å². The van der Waals surface area contributed by atoms with Crippen molar-refractivity contribution in [1.29, 1.82) is 0 Å². The lowest BCUT2D eigenvalue weighted by Crippen LogP contribution is -2.55. The molecular formula is C15H30N2. The van der Waals surface area contributed by atoms with Gasteiger partial charge < -0.3 is 11.1 Å². The first-order chi connectivity index (χ1) is 7.96. The van der Waals surface area contributed by atoms with E-state index in [2.05, 4.69) is 26.1 Å². The molecule has 2 heteroatoms. The van der Waals surface area contributed by atoms with Crippen LogP contribution < -0.4 is 11.1 Å². The minimum absolute atomic E-state index is 0.249. The minimum Gasteiger partial charge on any atom is -0.329 e. The number of hydrogen-bond donors (Lipinski definition) is 2. The molecule has 2 aliphatic carbocycles. The van der Waals surface area contributed by atoms with E-state index in [1.54, 1.807) is 0 Å². The van der Waals surface area contributed by atoms with Gasteiger partial charge in [-0.15, -0.1) is 0 Å². The zero-order valence-corrected chi connectivity index (χ0v) is 11.9. The van der Waals surface area contributed by atoms with E-state index in [1.807, 2.05) is 0 Å². The molecule has 0 aromatic carbocycles. The molecule has 1 unspecified atom stereocenters. The molecule has 2 nitrogen and oxygen atoms in total. The summed E-state index contributed by atoms with van der Waals surface area (Å²) in [5.74, 6) is 1.84. The van der Waals surface area contributed by atoms with Crippen molar-refractivity contribution < 1.29 is 0 Å². The van der Waals surface area contributed by atoms with Gasteiger partial charge in [0.2, 0.25) is 0 Å². The van der Waals surface area contributed by atoms with Gasteiger partial charge in [-0.2, -0.15) is 0 Å². The Morgan fingerprint density at radius 2 is 1.76 bits per heavy atom. The summed E-state index contributed by atoms with van der Waals surface area (Å²) in [7, 11) is 0. The zero-order chi connectivity index (χ0) is 12.5. The second kappa shape index (κ2) is 4.89. The van der Waals surface area contributed by atoms with Gasteiger partial charge in [-0.05, 0) is 62.3 Å². The third-order valence-electron chi connectivity index (χ3n) is 5.18. The molecule has 0 spiro atoms. The summed E-state index contributed by atoms with van der Waals surface area (Å²) in [6.07, 6.45) is 8.04. The summed E-state index contributed by atoms with van der Waals surface area (Å²) in [6.45, 7) is 9.14. The van der Waals surface area contributed by atoms with Crippen molar-refractivity contribution >= 4 is 0 Å². The molecular weight excluding hydrogens is 208 g/mol. The van der Waals surface area contributed by atoms with E-state index >= 15 is 0 Å². The Morgan fingerprint density at radius 1 is 1.18 bits per heavy atom. The lowest BCUT2D eigenvalue weighted by molar-refractivity contribution is 0.135. The van der Waals surface area contributed by atoms with Crippen molar-refractivity contribution in [3.8, 4) is 0 Å². The maximum Gasteiger partial charge on any atom is 0.0304 e. The quantitative estimate of drug-likeness (QED) is 0.773. The van der Waals surface area contributed by atoms with Crippen LogP contribution in [0.5, 0.6) is 0 Å². The SMILES string of the molecule is CC(CNC1(CN)CCC(C)(C)CC1)C1CC1. The molecule has 1 atom stereocenters. The molecule has 2 rings (SSSR count). The summed E-state index contributed by atoms with van der Waals surface area (Å²) < 4.78 is 0. The van der Waals surface area contributed by atoms with E-state index in [4.69, 9.17) is 5.73 Å². The third-order valence-corrected chi connectivity index (χ3v) is 5.18. The van der Waals surface area contributed by atoms with Crippen LogP contribution in [0.4, 0.5) is 0 Å². The average Bonchev–Trinajstić information content (AvgIpc) is 3.12. The second-order valence-corrected chi connectivity index (χ2v) is 7.34. The van der Waals surface area contributed by atoms with Gasteiger partial charge in [0.1, 0.15) is 0 Å². The van der Waals surface area contributed by atoms with Crippen LogP contribution in [-0.2, 0) is 0 Å². The molecule has 0 amide bonds. The van der Waals surface area contributed by atoms with Crippen LogP contribution in [0.15, 0.2) is 0 Å². The van der Waals surface area contributed by atoms with Gasteiger partial charge in [-0.3, -0.25) is 0 Å². The van der Waals surface area contributed by atoms with Gasteiger partial charge in [0.15, 0.2) is 0 Å². The molecule has 0 heterocycles. The number of hydrogen-bond acceptors (Lipinski definition) is 2. The van der Waals surface area contributed by atoms with E-state index in [0.29, 0.717) is 5.41 Å². The maximum absolute atomic E-state index is 6.04. The number of nitrogens with two attached hydrogens (primary N) is 1. The van der Waals surface area contributed by atoms with Crippen molar-refractivity contribution in [3.05, 3.63) is 0 Å². The van der Waals surface area contributed by atoms with Crippen LogP contribution in [0.2, 0.25) is 0 Å². The summed E-state index contributed by atoms with van der Waals surface area (Å²) in [5, 5.41) is 3.82. The highest BCUT2D eigenvalue weighted by Gasteiger charge is 2.38. The highest BCUT2D eigenvalue weighted by atomic mass is 15.0. The summed E-state index contributed by atoms with van der Waals surface area (Å²) >= 11 is 0. The molecule has 2 aliphatic rings. The highest BCUT2D eigenvalue weighted by molar-refractivity contribution is 4.97. The fraction of sp³-hybridized carbons (Fsp3) is 1.00. The first kappa shape index (κ1) is 13.4. The molecule has 2 fully saturated rings. The standard InChI is InChI=1S/C15H30N2/c1-12(13-4-5-13)10-17-15(11-16)8-6-14(2,3)7-9-15/h12-13,17H,4-11,16H2,1-3H3. The van der Waals surface area contributed by atoms with E-state index in [9.17, 15) is 0 Å². The third kappa shape index (κ3) is 3.45. The Kier molecular flexibility index (Phi) is 3.84. The normalized spacial score (nSPS) is 28.9. The summed E-state index contributed by atoms with van der Waals surface area (Å²) in [6, 6.07) is 0. The minimum atomic E-state index is 0.249. The van der Waals surface area contributed by atoms with Crippen molar-refractivity contribution in [1.82, 2.24) is 5.32 Å². The average molecular weight is 238 g/mol. The second-order valence-electron chi connectivity index (χ2n) is 7.34. The molecule has 0 bridgehead atoms. The van der Waals surface area contributed by atoms with Crippen LogP contribution in [0.1, 0.15) is 59.3 Å². The largest absolute Gasteiger partial charge is 0.329 e. The Labute approximate surface area is 107 Å². The predicted molar refractivity (Wildman–Crippen MR) is 73.9 cm³/mol. The Hall–Kier alpha value is -0.0800. The molecule has 0 saturated heterocycles. The lowest BCUT2D eigenvalue weighted by atomic mass is 9.69. The number of nitrogens with one attached hydrogen (secondary N) is 1. The fourth-order valence-electron chi connectivity index (χ4n) is 3.07. The monoisotopic (exact) mass is 238 g/mol. The summed E-state index contributed by atoms with van der Waals surface area (Å²) in [4.78, 5) is 0. The van der Waals surface area contributed by atoms with Crippen LogP contribution in [-0.4, -0.2) is 18.6 Å². The first-order valence-corrected chi connectivity index (χ1v) is 7.41. The predicted octanol–water partition coefficient (Wildman–Crippen LogP) is 2.92. The Balaban J connectivity index is 1.82. The molecule has 0 radical (unpaired) electrons. The van der Waals surface area contributed by atoms with E-state index in [1.165, 1.54) is 45.1 Å². The van der Waals surface area contributed by atoms with Gasteiger partial charge in [0, 0.05) is 12.1 Å². The molecule has 0 aliphatic heterocycles. The van der Waals surface area contributed by atoms with Gasteiger partial charge in [-0.1, -0.05) is 20.8 Å². The van der Waals surface area contributed by atoms with Gasteiger partial charge >= 0.3 is 0 Å². The van der Waals surface area contributed by atoms with Crippen LogP contribution >= 0.6 is 0 Å². The van der Waals surface area contributed by atoms with E-state index in [0.717, 1.165) is 18.4 Å². The number of rotatable bonds is 5. The zero-order valence-electron chi connectivity index (χ0n) is 11.9. The van der Waals surface area contributed by atoms with Gasteiger partial charge in [0.05, 0.1) is 0 Å². The van der Waals surface area contributed by atoms with Crippen LogP contribution in [0.25, 0.3) is 0 Å². The maximum atomic E-state index is 6.04. The summed E-state index contributed by atoms with van der Waals surface area (Å²) in [5.41, 5.74) is 6.82. The molecule has 3 N–H and O–H groups in total. The van der Waals surface area contributed by atoms with Gasteiger partial charge in [0.25, 0.3) is 0 Å².